The summed E-state index contributed by atoms with van der Waals surface area (Å²) in [5.74, 6) is -2.11. The Hall–Kier alpha value is -2.50. The summed E-state index contributed by atoms with van der Waals surface area (Å²) in [6.45, 7) is 2.02. The molecule has 4 N–H and O–H groups in total. The van der Waals surface area contributed by atoms with Gasteiger partial charge in [-0.1, -0.05) is 42.0 Å². The molecule has 0 saturated carbocycles. The topological polar surface area (TPSA) is 137 Å². The van der Waals surface area contributed by atoms with Gasteiger partial charge < -0.3 is 20.5 Å². The Kier molecular flexibility index (Phi) is 11.9. The van der Waals surface area contributed by atoms with Crippen molar-refractivity contribution in [1.82, 2.24) is 4.90 Å². The number of fused-ring (bicyclic) bond motifs is 1. The normalized spacial score (nSPS) is 19.0. The van der Waals surface area contributed by atoms with Crippen molar-refractivity contribution in [2.24, 2.45) is 5.73 Å². The molecule has 2 fully saturated rings. The second-order valence-corrected chi connectivity index (χ2v) is 11.6. The summed E-state index contributed by atoms with van der Waals surface area (Å²) in [6, 6.07) is 12.2. The van der Waals surface area contributed by atoms with Gasteiger partial charge in [0.25, 0.3) is 0 Å². The number of carboxylic acids is 1. The van der Waals surface area contributed by atoms with Crippen LogP contribution < -0.4 is 14.8 Å². The lowest BCUT2D eigenvalue weighted by molar-refractivity contribution is -0.134. The van der Waals surface area contributed by atoms with Crippen LogP contribution in [-0.2, 0) is 14.8 Å². The number of sulfonamides is 1. The van der Waals surface area contributed by atoms with Crippen LogP contribution in [0.4, 0.5) is 5.69 Å². The van der Waals surface area contributed by atoms with Gasteiger partial charge in [0, 0.05) is 18.2 Å². The number of hydrogen-bond acceptors (Lipinski definition) is 6. The number of piperidine rings is 1. The maximum absolute atomic E-state index is 12.9. The molecule has 0 bridgehead atoms. The van der Waals surface area contributed by atoms with Gasteiger partial charge in [0.05, 0.1) is 17.3 Å². The zero-order chi connectivity index (χ0) is 26.6. The first-order valence-electron chi connectivity index (χ1n) is 12.2. The molecule has 2 unspecified atom stereocenters. The molecule has 2 aliphatic rings. The fraction of sp³-hybridized carbons (Fsp3) is 0.385. The molecule has 2 aromatic carbocycles. The van der Waals surface area contributed by atoms with Crippen LogP contribution >= 0.6 is 36.4 Å². The van der Waals surface area contributed by atoms with Crippen molar-refractivity contribution in [2.45, 2.75) is 37.8 Å². The number of nitrogen functional groups attached to an aromatic ring is 1. The van der Waals surface area contributed by atoms with Crippen LogP contribution in [0.2, 0.25) is 5.02 Å². The summed E-state index contributed by atoms with van der Waals surface area (Å²) in [6.07, 6.45) is 7.56. The molecule has 39 heavy (non-hydrogen) atoms. The molecule has 4 rings (SSSR count). The van der Waals surface area contributed by atoms with Gasteiger partial charge in [-0.2, -0.15) is 0 Å². The molecule has 9 nitrogen and oxygen atoms in total. The number of halogens is 3. The van der Waals surface area contributed by atoms with Crippen LogP contribution in [0.5, 0.6) is 5.75 Å². The zero-order valence-corrected chi connectivity index (χ0v) is 24.4. The van der Waals surface area contributed by atoms with Crippen molar-refractivity contribution in [3.05, 3.63) is 64.7 Å². The monoisotopic (exact) mass is 618 g/mol. The third-order valence-electron chi connectivity index (χ3n) is 6.69. The minimum atomic E-state index is -4.19. The predicted molar refractivity (Wildman–Crippen MR) is 159 cm³/mol. The van der Waals surface area contributed by atoms with Crippen LogP contribution in [0.3, 0.4) is 0 Å². The summed E-state index contributed by atoms with van der Waals surface area (Å²) in [5.41, 5.74) is 7.04. The molecule has 0 aliphatic carbocycles. The van der Waals surface area contributed by atoms with Crippen LogP contribution in [0.1, 0.15) is 36.8 Å². The van der Waals surface area contributed by atoms with E-state index in [9.17, 15) is 18.3 Å². The SMILES string of the molecule is Cl.Cl.N=C(N)c1cccc(/C=C/CN(c2ccc(OC3CCN4CCCC4C3)c(Cl)c2)S(=O)(=O)CC(=O)O)c1. The number of carbonyl (C=O) groups is 1. The molecule has 0 aromatic heterocycles. The molecule has 2 aliphatic heterocycles. The zero-order valence-electron chi connectivity index (χ0n) is 21.2. The number of nitrogens with two attached hydrogens (primary N) is 1. The summed E-state index contributed by atoms with van der Waals surface area (Å²) in [4.78, 5) is 13.8. The maximum atomic E-state index is 12.9. The largest absolute Gasteiger partial charge is 0.489 e. The van der Waals surface area contributed by atoms with E-state index >= 15 is 0 Å². The van der Waals surface area contributed by atoms with Crippen molar-refractivity contribution in [3.8, 4) is 5.75 Å². The average Bonchev–Trinajstić information content (AvgIpc) is 3.30. The molecule has 0 amide bonds. The first-order chi connectivity index (χ1) is 17.6. The lowest BCUT2D eigenvalue weighted by atomic mass is 10.00. The number of anilines is 1. The summed E-state index contributed by atoms with van der Waals surface area (Å²) in [7, 11) is -4.19. The Morgan fingerprint density at radius 2 is 1.97 bits per heavy atom. The van der Waals surface area contributed by atoms with Crippen LogP contribution in [0.15, 0.2) is 48.5 Å². The van der Waals surface area contributed by atoms with Gasteiger partial charge in [0.15, 0.2) is 5.75 Å². The van der Waals surface area contributed by atoms with E-state index in [1.807, 2.05) is 0 Å². The van der Waals surface area contributed by atoms with E-state index in [4.69, 9.17) is 27.5 Å². The van der Waals surface area contributed by atoms with Crippen LogP contribution in [0.25, 0.3) is 6.08 Å². The van der Waals surface area contributed by atoms with Gasteiger partial charge in [0.2, 0.25) is 10.0 Å². The van der Waals surface area contributed by atoms with E-state index in [1.165, 1.54) is 18.9 Å². The number of ether oxygens (including phenoxy) is 1. The summed E-state index contributed by atoms with van der Waals surface area (Å²) < 4.78 is 33.1. The van der Waals surface area contributed by atoms with E-state index in [0.29, 0.717) is 17.4 Å². The molecule has 0 spiro atoms. The van der Waals surface area contributed by atoms with E-state index in [0.717, 1.165) is 35.8 Å². The molecular formula is C26H33Cl3N4O5S. The molecule has 2 atom stereocenters. The van der Waals surface area contributed by atoms with Crippen molar-refractivity contribution in [3.63, 3.8) is 0 Å². The molecular weight excluding hydrogens is 587 g/mol. The molecule has 2 aromatic rings. The lowest BCUT2D eigenvalue weighted by Crippen LogP contribution is -2.42. The highest BCUT2D eigenvalue weighted by molar-refractivity contribution is 7.93. The number of aliphatic carboxylic acids is 1. The van der Waals surface area contributed by atoms with Gasteiger partial charge in [0.1, 0.15) is 17.7 Å². The molecule has 0 radical (unpaired) electrons. The molecule has 13 heteroatoms. The number of nitrogens with one attached hydrogen (secondary N) is 1. The minimum Gasteiger partial charge on any atom is -0.489 e. The number of amidine groups is 1. The van der Waals surface area contributed by atoms with E-state index in [1.54, 1.807) is 48.6 Å². The summed E-state index contributed by atoms with van der Waals surface area (Å²) in [5, 5.41) is 17.0. The standard InChI is InChI=1S/C26H31ClN4O5S.2ClH/c27-23-16-21(8-9-24(23)36-22-10-13-30-11-3-7-20(30)15-22)31(37(34,35)17-25(32)33)12-2-5-18-4-1-6-19(14-18)26(28)29;;/h1-2,4-6,8-9,14,16,20,22H,3,7,10-13,15,17H2,(H3,28,29)(H,32,33);2*1H/b5-2+;;. The summed E-state index contributed by atoms with van der Waals surface area (Å²) >= 11 is 6.51. The van der Waals surface area contributed by atoms with Crippen LogP contribution in [-0.4, -0.2) is 67.8 Å². The Morgan fingerprint density at radius 1 is 1.21 bits per heavy atom. The Bertz CT molecular complexity index is 1310. The van der Waals surface area contributed by atoms with E-state index in [2.05, 4.69) is 4.90 Å². The third-order valence-corrected chi connectivity index (χ3v) is 8.63. The predicted octanol–water partition coefficient (Wildman–Crippen LogP) is 4.41. The molecule has 2 saturated heterocycles. The highest BCUT2D eigenvalue weighted by atomic mass is 35.5. The minimum absolute atomic E-state index is 0. The lowest BCUT2D eigenvalue weighted by Gasteiger charge is -2.35. The van der Waals surface area contributed by atoms with Gasteiger partial charge in [-0.25, -0.2) is 8.42 Å². The molecule has 214 valence electrons. The van der Waals surface area contributed by atoms with Gasteiger partial charge in [-0.3, -0.25) is 14.5 Å². The maximum Gasteiger partial charge on any atom is 0.320 e. The van der Waals surface area contributed by atoms with Crippen molar-refractivity contribution >= 4 is 70.0 Å². The fourth-order valence-corrected chi connectivity index (χ4v) is 6.36. The highest BCUT2D eigenvalue weighted by Gasteiger charge is 2.33. The quantitative estimate of drug-likeness (QED) is 0.265. The highest BCUT2D eigenvalue weighted by Crippen LogP contribution is 2.34. The van der Waals surface area contributed by atoms with E-state index < -0.39 is 21.7 Å². The van der Waals surface area contributed by atoms with Crippen molar-refractivity contribution < 1.29 is 23.1 Å². The number of nitrogens with zero attached hydrogens (tertiary/aromatic N) is 2. The Labute approximate surface area is 246 Å². The van der Waals surface area contributed by atoms with Crippen molar-refractivity contribution in [2.75, 3.05) is 29.7 Å². The smallest absolute Gasteiger partial charge is 0.320 e. The second-order valence-electron chi connectivity index (χ2n) is 9.33. The Balaban J connectivity index is 0.00000267. The van der Waals surface area contributed by atoms with Gasteiger partial charge >= 0.3 is 5.97 Å². The first kappa shape index (κ1) is 32.7. The Morgan fingerprint density at radius 3 is 2.67 bits per heavy atom. The van der Waals surface area contributed by atoms with E-state index in [-0.39, 0.29) is 54.0 Å². The van der Waals surface area contributed by atoms with Gasteiger partial charge in [-0.05, 0) is 62.1 Å². The van der Waals surface area contributed by atoms with Gasteiger partial charge in [-0.15, -0.1) is 24.8 Å². The van der Waals surface area contributed by atoms with Crippen LogP contribution in [0, 0.1) is 5.41 Å². The number of carboxylic acid groups (broad SMARTS) is 1. The van der Waals surface area contributed by atoms with Crippen molar-refractivity contribution in [1.29, 1.82) is 5.41 Å². The first-order valence-corrected chi connectivity index (χ1v) is 14.1. The third kappa shape index (κ3) is 8.49. The second kappa shape index (κ2) is 14.2. The number of rotatable bonds is 10. The average molecular weight is 620 g/mol. The number of benzene rings is 2. The fourth-order valence-electron chi connectivity index (χ4n) is 4.92. The number of hydrogen-bond donors (Lipinski definition) is 3. The molecule has 2 heterocycles.